The van der Waals surface area contributed by atoms with Gasteiger partial charge in [-0.25, -0.2) is 4.79 Å². The molecule has 146 valence electrons. The maximum atomic E-state index is 12.7. The summed E-state index contributed by atoms with van der Waals surface area (Å²) in [5, 5.41) is 2.94. The standard InChI is InChI=1S/C23H28N4O/c1-16-7-10-20(11-8-16)26-14-19(23(4,5)6)15-27(26)25-22(28)24-21-12-9-17(2)13-18(21)3/h7-15H,1-6H3,(H-,24,25,28)/p+1. The smallest absolute Gasteiger partial charge is 0.286 e. The van der Waals surface area contributed by atoms with Crippen molar-refractivity contribution in [2.24, 2.45) is 0 Å². The number of anilines is 1. The average Bonchev–Trinajstić information content (AvgIpc) is 3.02. The fourth-order valence-corrected chi connectivity index (χ4v) is 3.00. The number of urea groups is 1. The van der Waals surface area contributed by atoms with Crippen LogP contribution in [0, 0.1) is 20.8 Å². The first kappa shape index (κ1) is 19.7. The van der Waals surface area contributed by atoms with E-state index < -0.39 is 0 Å². The molecule has 5 nitrogen and oxygen atoms in total. The lowest BCUT2D eigenvalue weighted by molar-refractivity contribution is -0.679. The molecule has 0 saturated carbocycles. The zero-order chi connectivity index (χ0) is 20.5. The molecule has 0 aliphatic heterocycles. The molecule has 5 heteroatoms. The maximum absolute atomic E-state index is 12.7. The molecular formula is C23H29N4O+. The van der Waals surface area contributed by atoms with Crippen molar-refractivity contribution in [3.63, 3.8) is 0 Å². The van der Waals surface area contributed by atoms with Crippen LogP contribution in [0.5, 0.6) is 0 Å². The highest BCUT2D eigenvalue weighted by molar-refractivity contribution is 5.95. The van der Waals surface area contributed by atoms with E-state index >= 15 is 0 Å². The molecule has 0 aliphatic carbocycles. The summed E-state index contributed by atoms with van der Waals surface area (Å²) in [6.45, 7) is 12.5. The topological polar surface area (TPSA) is 49.9 Å². The highest BCUT2D eigenvalue weighted by Crippen LogP contribution is 2.21. The fraction of sp³-hybridized carbons (Fsp3) is 0.304. The third-order valence-electron chi connectivity index (χ3n) is 4.77. The molecule has 2 N–H and O–H groups in total. The van der Waals surface area contributed by atoms with Gasteiger partial charge in [-0.15, -0.1) is 10.1 Å². The molecule has 0 saturated heterocycles. The van der Waals surface area contributed by atoms with Crippen molar-refractivity contribution in [2.75, 3.05) is 10.7 Å². The Hall–Kier alpha value is -3.08. The van der Waals surface area contributed by atoms with E-state index in [0.29, 0.717) is 0 Å². The van der Waals surface area contributed by atoms with Gasteiger partial charge in [-0.3, -0.25) is 5.32 Å². The molecule has 3 rings (SSSR count). The normalized spacial score (nSPS) is 11.4. The van der Waals surface area contributed by atoms with E-state index in [1.54, 1.807) is 4.79 Å². The van der Waals surface area contributed by atoms with Gasteiger partial charge in [0.1, 0.15) is 6.20 Å². The molecule has 2 amide bonds. The first-order chi connectivity index (χ1) is 13.1. The number of nitrogens with zero attached hydrogens (tertiary/aromatic N) is 2. The van der Waals surface area contributed by atoms with E-state index in [-0.39, 0.29) is 11.4 Å². The van der Waals surface area contributed by atoms with Gasteiger partial charge in [0.2, 0.25) is 0 Å². The Morgan fingerprint density at radius 3 is 2.21 bits per heavy atom. The highest BCUT2D eigenvalue weighted by atomic mass is 16.2. The third kappa shape index (κ3) is 4.42. The quantitative estimate of drug-likeness (QED) is 0.635. The minimum Gasteiger partial charge on any atom is -0.286 e. The first-order valence-electron chi connectivity index (χ1n) is 9.50. The summed E-state index contributed by atoms with van der Waals surface area (Å²) in [4.78, 5) is 14.4. The Kier molecular flexibility index (Phi) is 5.27. The van der Waals surface area contributed by atoms with Crippen molar-refractivity contribution in [3.8, 4) is 5.69 Å². The van der Waals surface area contributed by atoms with Gasteiger partial charge in [-0.05, 0) is 49.9 Å². The Labute approximate surface area is 167 Å². The highest BCUT2D eigenvalue weighted by Gasteiger charge is 2.23. The Morgan fingerprint density at radius 1 is 0.964 bits per heavy atom. The van der Waals surface area contributed by atoms with Crippen molar-refractivity contribution in [3.05, 3.63) is 77.1 Å². The summed E-state index contributed by atoms with van der Waals surface area (Å²) >= 11 is 0. The lowest BCUT2D eigenvalue weighted by Crippen LogP contribution is -2.47. The second-order valence-corrected chi connectivity index (χ2v) is 8.37. The maximum Gasteiger partial charge on any atom is 0.429 e. The van der Waals surface area contributed by atoms with E-state index in [4.69, 9.17) is 0 Å². The monoisotopic (exact) mass is 377 g/mol. The zero-order valence-electron chi connectivity index (χ0n) is 17.5. The van der Waals surface area contributed by atoms with Gasteiger partial charge in [-0.1, -0.05) is 61.0 Å². The molecule has 0 radical (unpaired) electrons. The van der Waals surface area contributed by atoms with Crippen LogP contribution in [0.15, 0.2) is 54.9 Å². The van der Waals surface area contributed by atoms with Crippen molar-refractivity contribution < 1.29 is 9.48 Å². The number of hydrogen-bond donors (Lipinski definition) is 2. The van der Waals surface area contributed by atoms with Crippen LogP contribution >= 0.6 is 0 Å². The van der Waals surface area contributed by atoms with Crippen molar-refractivity contribution >= 4 is 11.7 Å². The third-order valence-corrected chi connectivity index (χ3v) is 4.77. The van der Waals surface area contributed by atoms with Gasteiger partial charge in [0.05, 0.1) is 6.20 Å². The van der Waals surface area contributed by atoms with E-state index in [1.165, 1.54) is 11.1 Å². The average molecular weight is 378 g/mol. The van der Waals surface area contributed by atoms with Crippen LogP contribution in [0.4, 0.5) is 10.5 Å². The van der Waals surface area contributed by atoms with Crippen molar-refractivity contribution in [1.82, 2.24) is 4.79 Å². The predicted octanol–water partition coefficient (Wildman–Crippen LogP) is 4.76. The molecule has 28 heavy (non-hydrogen) atoms. The second kappa shape index (κ2) is 7.50. The largest absolute Gasteiger partial charge is 0.429 e. The summed E-state index contributed by atoms with van der Waals surface area (Å²) < 4.78 is 1.95. The fourth-order valence-electron chi connectivity index (χ4n) is 3.00. The Balaban J connectivity index is 1.90. The summed E-state index contributed by atoms with van der Waals surface area (Å²) in [6, 6.07) is 13.9. The zero-order valence-corrected chi connectivity index (χ0v) is 17.5. The van der Waals surface area contributed by atoms with Gasteiger partial charge in [0.15, 0.2) is 5.69 Å². The number of carbonyl (C=O) groups is 1. The summed E-state index contributed by atoms with van der Waals surface area (Å²) in [5.74, 6) is 0. The van der Waals surface area contributed by atoms with Crippen LogP contribution in [0.2, 0.25) is 0 Å². The van der Waals surface area contributed by atoms with Gasteiger partial charge in [0, 0.05) is 11.3 Å². The molecule has 0 atom stereocenters. The molecule has 3 aromatic rings. The molecule has 0 aliphatic rings. The lowest BCUT2D eigenvalue weighted by Gasteiger charge is -2.13. The van der Waals surface area contributed by atoms with Crippen LogP contribution in [-0.4, -0.2) is 10.8 Å². The van der Waals surface area contributed by atoms with Gasteiger partial charge < -0.3 is 0 Å². The van der Waals surface area contributed by atoms with E-state index in [0.717, 1.165) is 22.5 Å². The number of aryl methyl sites for hydroxylation is 3. The van der Waals surface area contributed by atoms with Gasteiger partial charge >= 0.3 is 6.03 Å². The second-order valence-electron chi connectivity index (χ2n) is 8.37. The number of amides is 2. The number of aromatic nitrogens is 2. The number of benzene rings is 2. The first-order valence-corrected chi connectivity index (χ1v) is 9.50. The number of hydrogen-bond acceptors (Lipinski definition) is 1. The molecule has 1 heterocycles. The summed E-state index contributed by atoms with van der Waals surface area (Å²) in [7, 11) is 0. The van der Waals surface area contributed by atoms with Crippen LogP contribution in [0.1, 0.15) is 43.0 Å². The molecule has 0 bridgehead atoms. The summed E-state index contributed by atoms with van der Waals surface area (Å²) in [5.41, 5.74) is 9.19. The lowest BCUT2D eigenvalue weighted by atomic mass is 9.90. The molecular weight excluding hydrogens is 348 g/mol. The van der Waals surface area contributed by atoms with Crippen molar-refractivity contribution in [2.45, 2.75) is 47.0 Å². The SMILES string of the molecule is Cc1ccc(-[n+]2cc(C(C)(C)C)cn2NC(=O)Nc2ccc(C)cc2C)cc1. The summed E-state index contributed by atoms with van der Waals surface area (Å²) in [6.07, 6.45) is 4.02. The molecule has 2 aromatic carbocycles. The molecule has 1 aromatic heterocycles. The van der Waals surface area contributed by atoms with Crippen molar-refractivity contribution in [1.29, 1.82) is 0 Å². The number of carbonyl (C=O) groups excluding carboxylic acids is 1. The number of rotatable bonds is 3. The minimum atomic E-state index is -0.288. The molecule has 0 spiro atoms. The van der Waals surface area contributed by atoms with Crippen LogP contribution in [0.25, 0.3) is 5.69 Å². The Morgan fingerprint density at radius 2 is 1.61 bits per heavy atom. The Bertz CT molecular complexity index is 994. The van der Waals surface area contributed by atoms with Crippen LogP contribution < -0.4 is 15.4 Å². The van der Waals surface area contributed by atoms with E-state index in [1.807, 2.05) is 49.0 Å². The number of nitrogens with one attached hydrogen (secondary N) is 2. The van der Waals surface area contributed by atoms with E-state index in [2.05, 4.69) is 62.8 Å². The minimum absolute atomic E-state index is 0.0383. The van der Waals surface area contributed by atoms with Crippen LogP contribution in [0.3, 0.4) is 0 Å². The van der Waals surface area contributed by atoms with E-state index in [9.17, 15) is 4.79 Å². The van der Waals surface area contributed by atoms with Gasteiger partial charge in [-0.2, -0.15) is 0 Å². The predicted molar refractivity (Wildman–Crippen MR) is 114 cm³/mol. The molecule has 0 fully saturated rings. The van der Waals surface area contributed by atoms with Gasteiger partial charge in [0.25, 0.3) is 0 Å². The molecule has 0 unspecified atom stereocenters. The van der Waals surface area contributed by atoms with Crippen LogP contribution in [-0.2, 0) is 5.41 Å².